The Morgan fingerprint density at radius 1 is 0.778 bits per heavy atom. The second-order valence-corrected chi connectivity index (χ2v) is 6.76. The Bertz CT molecular complexity index is 1310. The van der Waals surface area contributed by atoms with Crippen LogP contribution in [0.3, 0.4) is 0 Å². The first-order valence-corrected chi connectivity index (χ1v) is 8.95. The Morgan fingerprint density at radius 3 is 2.00 bits per heavy atom. The predicted octanol–water partition coefficient (Wildman–Crippen LogP) is 3.91. The Balaban J connectivity index is 1.43. The third kappa shape index (κ3) is 2.83. The van der Waals surface area contributed by atoms with Gasteiger partial charge >= 0.3 is 0 Å². The van der Waals surface area contributed by atoms with Crippen molar-refractivity contribution in [2.75, 3.05) is 0 Å². The van der Waals surface area contributed by atoms with Crippen LogP contribution >= 0.6 is 0 Å². The highest BCUT2D eigenvalue weighted by Gasteiger charge is 2.10. The number of fused-ring (bicyclic) bond motifs is 2. The van der Waals surface area contributed by atoms with Crippen molar-refractivity contribution >= 4 is 21.8 Å². The van der Waals surface area contributed by atoms with Gasteiger partial charge in [0.15, 0.2) is 0 Å². The van der Waals surface area contributed by atoms with Crippen molar-refractivity contribution in [3.05, 3.63) is 100.0 Å². The lowest BCUT2D eigenvalue weighted by atomic mass is 10.1. The molecule has 5 aromatic rings. The molecule has 0 radical (unpaired) electrons. The minimum absolute atomic E-state index is 0.127. The molecule has 0 aliphatic rings. The Kier molecular flexibility index (Phi) is 3.64. The van der Waals surface area contributed by atoms with E-state index in [0.29, 0.717) is 18.5 Å². The van der Waals surface area contributed by atoms with Gasteiger partial charge in [-0.15, -0.1) is 0 Å². The second-order valence-electron chi connectivity index (χ2n) is 6.76. The van der Waals surface area contributed by atoms with Crippen molar-refractivity contribution in [2.45, 2.75) is 12.8 Å². The Labute approximate surface area is 155 Å². The summed E-state index contributed by atoms with van der Waals surface area (Å²) in [6, 6.07) is 16.2. The van der Waals surface area contributed by atoms with Crippen LogP contribution in [0, 0.1) is 0 Å². The van der Waals surface area contributed by atoms with Crippen LogP contribution in [0.5, 0.6) is 0 Å². The van der Waals surface area contributed by atoms with Crippen LogP contribution in [0.25, 0.3) is 21.8 Å². The first kappa shape index (κ1) is 15.6. The summed E-state index contributed by atoms with van der Waals surface area (Å²) in [5.74, 6) is 0. The molecule has 5 heteroatoms. The maximum Gasteiger partial charge on any atom is 0.270 e. The smallest absolute Gasteiger partial charge is 0.270 e. The topological polar surface area (TPSA) is 77.3 Å². The van der Waals surface area contributed by atoms with Crippen molar-refractivity contribution in [3.63, 3.8) is 0 Å². The second kappa shape index (κ2) is 6.29. The number of hydrogen-bond donors (Lipinski definition) is 3. The van der Waals surface area contributed by atoms with E-state index in [1.54, 1.807) is 6.20 Å². The van der Waals surface area contributed by atoms with E-state index in [2.05, 4.69) is 32.1 Å². The van der Waals surface area contributed by atoms with E-state index in [1.165, 1.54) is 5.39 Å². The van der Waals surface area contributed by atoms with Crippen molar-refractivity contribution < 1.29 is 0 Å². The highest BCUT2D eigenvalue weighted by atomic mass is 16.1. The van der Waals surface area contributed by atoms with Crippen LogP contribution in [0.15, 0.2) is 71.9 Å². The van der Waals surface area contributed by atoms with Gasteiger partial charge in [0.2, 0.25) is 0 Å². The van der Waals surface area contributed by atoms with E-state index in [1.807, 2.05) is 48.8 Å². The number of nitrogens with zero attached hydrogens (tertiary/aromatic N) is 1. The van der Waals surface area contributed by atoms with Crippen LogP contribution in [-0.2, 0) is 12.8 Å². The minimum atomic E-state index is -0.127. The Hall–Kier alpha value is -3.60. The molecule has 0 spiro atoms. The van der Waals surface area contributed by atoms with Crippen LogP contribution in [0.2, 0.25) is 0 Å². The van der Waals surface area contributed by atoms with Gasteiger partial charge < -0.3 is 15.0 Å². The molecule has 0 aliphatic carbocycles. The average molecular weight is 354 g/mol. The number of H-pyrrole nitrogens is 3. The lowest BCUT2D eigenvalue weighted by Crippen LogP contribution is -2.17. The third-order valence-corrected chi connectivity index (χ3v) is 5.00. The van der Waals surface area contributed by atoms with Crippen molar-refractivity contribution in [3.8, 4) is 0 Å². The largest absolute Gasteiger partial charge is 0.361 e. The summed E-state index contributed by atoms with van der Waals surface area (Å²) in [6.07, 6.45) is 6.86. The fourth-order valence-corrected chi connectivity index (χ4v) is 3.62. The molecular weight excluding hydrogens is 336 g/mol. The molecule has 3 N–H and O–H groups in total. The fraction of sp³-hybridized carbons (Fsp3) is 0.0909. The summed E-state index contributed by atoms with van der Waals surface area (Å²) in [5, 5.41) is 2.29. The summed E-state index contributed by atoms with van der Waals surface area (Å²) >= 11 is 0. The fourth-order valence-electron chi connectivity index (χ4n) is 3.62. The molecule has 27 heavy (non-hydrogen) atoms. The highest BCUT2D eigenvalue weighted by Crippen LogP contribution is 2.21. The monoisotopic (exact) mass is 354 g/mol. The van der Waals surface area contributed by atoms with E-state index >= 15 is 0 Å². The van der Waals surface area contributed by atoms with Crippen LogP contribution < -0.4 is 5.56 Å². The third-order valence-electron chi connectivity index (χ3n) is 5.00. The number of aromatic amines is 3. The number of para-hydroxylation sites is 2. The molecule has 0 unspecified atom stereocenters. The molecule has 0 amide bonds. The number of nitrogens with one attached hydrogen (secondary N) is 3. The van der Waals surface area contributed by atoms with Crippen LogP contribution in [0.4, 0.5) is 0 Å². The number of aromatic nitrogens is 4. The van der Waals surface area contributed by atoms with Gasteiger partial charge in [-0.1, -0.05) is 36.4 Å². The molecule has 5 nitrogen and oxygen atoms in total. The average Bonchev–Trinajstić information content (AvgIpc) is 3.29. The molecule has 0 saturated heterocycles. The molecule has 0 aliphatic heterocycles. The van der Waals surface area contributed by atoms with Gasteiger partial charge in [-0.2, -0.15) is 0 Å². The van der Waals surface area contributed by atoms with E-state index in [9.17, 15) is 4.79 Å². The van der Waals surface area contributed by atoms with Gasteiger partial charge in [-0.3, -0.25) is 9.78 Å². The molecule has 0 bridgehead atoms. The first-order valence-electron chi connectivity index (χ1n) is 8.95. The van der Waals surface area contributed by atoms with Gasteiger partial charge in [0.25, 0.3) is 5.56 Å². The van der Waals surface area contributed by atoms with E-state index in [4.69, 9.17) is 0 Å². The SMILES string of the molecule is O=c1[nH]c(Cc2c[nH]c3ccccc23)cnc1Cc1c[nH]c2ccccc12. The normalized spacial score (nSPS) is 11.4. The summed E-state index contributed by atoms with van der Waals surface area (Å²) in [6.45, 7) is 0. The minimum Gasteiger partial charge on any atom is -0.361 e. The van der Waals surface area contributed by atoms with E-state index in [-0.39, 0.29) is 5.56 Å². The van der Waals surface area contributed by atoms with Crippen molar-refractivity contribution in [2.24, 2.45) is 0 Å². The molecule has 0 fully saturated rings. The molecule has 132 valence electrons. The molecule has 5 rings (SSSR count). The quantitative estimate of drug-likeness (QED) is 0.457. The van der Waals surface area contributed by atoms with Crippen LogP contribution in [0.1, 0.15) is 22.5 Å². The summed E-state index contributed by atoms with van der Waals surface area (Å²) in [5.41, 5.74) is 5.60. The van der Waals surface area contributed by atoms with E-state index < -0.39 is 0 Å². The van der Waals surface area contributed by atoms with Crippen molar-refractivity contribution in [1.82, 2.24) is 19.9 Å². The maximum atomic E-state index is 12.6. The maximum absolute atomic E-state index is 12.6. The zero-order valence-electron chi connectivity index (χ0n) is 14.6. The van der Waals surface area contributed by atoms with Crippen LogP contribution in [-0.4, -0.2) is 19.9 Å². The molecule has 2 aromatic carbocycles. The standard InChI is InChI=1S/C22H18N4O/c27-22-21(10-15-12-24-20-8-4-2-6-18(15)20)25-13-16(26-22)9-14-11-23-19-7-3-1-5-17(14)19/h1-8,11-13,23-24H,9-10H2,(H,26,27). The molecule has 3 heterocycles. The highest BCUT2D eigenvalue weighted by molar-refractivity contribution is 5.84. The van der Waals surface area contributed by atoms with E-state index in [0.717, 1.165) is 33.2 Å². The van der Waals surface area contributed by atoms with Gasteiger partial charge in [-0.25, -0.2) is 0 Å². The lowest BCUT2D eigenvalue weighted by molar-refractivity contribution is 0.936. The summed E-state index contributed by atoms with van der Waals surface area (Å²) < 4.78 is 0. The number of benzene rings is 2. The zero-order valence-corrected chi connectivity index (χ0v) is 14.6. The zero-order chi connectivity index (χ0) is 18.2. The van der Waals surface area contributed by atoms with Gasteiger partial charge in [-0.05, 0) is 23.3 Å². The first-order chi connectivity index (χ1) is 13.3. The van der Waals surface area contributed by atoms with Crippen molar-refractivity contribution in [1.29, 1.82) is 0 Å². The van der Waals surface area contributed by atoms with Gasteiger partial charge in [0, 0.05) is 58.9 Å². The predicted molar refractivity (Wildman–Crippen MR) is 107 cm³/mol. The number of rotatable bonds is 4. The molecule has 0 atom stereocenters. The van der Waals surface area contributed by atoms with Gasteiger partial charge in [0.05, 0.1) is 0 Å². The number of hydrogen-bond acceptors (Lipinski definition) is 2. The lowest BCUT2D eigenvalue weighted by Gasteiger charge is -2.03. The summed E-state index contributed by atoms with van der Waals surface area (Å²) in [4.78, 5) is 26.5. The molecule has 0 saturated carbocycles. The van der Waals surface area contributed by atoms with Gasteiger partial charge in [0.1, 0.15) is 5.69 Å². The Morgan fingerprint density at radius 2 is 1.37 bits per heavy atom. The molecular formula is C22H18N4O. The molecule has 3 aromatic heterocycles. The summed E-state index contributed by atoms with van der Waals surface area (Å²) in [7, 11) is 0.